The average Bonchev–Trinajstić information content (AvgIpc) is 2.44. The van der Waals surface area contributed by atoms with Gasteiger partial charge in [0.25, 0.3) is 0 Å². The predicted molar refractivity (Wildman–Crippen MR) is 82.3 cm³/mol. The van der Waals surface area contributed by atoms with Gasteiger partial charge in [-0.15, -0.1) is 0 Å². The van der Waals surface area contributed by atoms with Crippen LogP contribution in [0.4, 0.5) is 0 Å². The van der Waals surface area contributed by atoms with E-state index < -0.39 is 0 Å². The molecule has 0 saturated heterocycles. The standard InChI is InChI=1S/C18H20O2/c1-11(2)17(19)15-9-10-16(18(20)12(3)4)14-8-6-5-7-13(14)15/h5-12H,1-4H3. The quantitative estimate of drug-likeness (QED) is 0.764. The molecule has 0 unspecified atom stereocenters. The first-order valence-electron chi connectivity index (χ1n) is 7.03. The largest absolute Gasteiger partial charge is 0.294 e. The summed E-state index contributed by atoms with van der Waals surface area (Å²) in [4.78, 5) is 24.6. The third-order valence-corrected chi connectivity index (χ3v) is 3.50. The number of rotatable bonds is 4. The zero-order chi connectivity index (χ0) is 14.9. The van der Waals surface area contributed by atoms with Crippen LogP contribution in [0, 0.1) is 11.8 Å². The summed E-state index contributed by atoms with van der Waals surface area (Å²) in [5.41, 5.74) is 1.41. The molecule has 20 heavy (non-hydrogen) atoms. The fourth-order valence-electron chi connectivity index (χ4n) is 2.35. The van der Waals surface area contributed by atoms with Crippen molar-refractivity contribution in [3.8, 4) is 0 Å². The Balaban J connectivity index is 2.70. The number of carbonyl (C=O) groups is 2. The van der Waals surface area contributed by atoms with Crippen LogP contribution in [-0.2, 0) is 0 Å². The van der Waals surface area contributed by atoms with Gasteiger partial charge in [0.1, 0.15) is 0 Å². The Morgan fingerprint density at radius 3 is 1.35 bits per heavy atom. The van der Waals surface area contributed by atoms with Crippen molar-refractivity contribution in [2.45, 2.75) is 27.7 Å². The Hall–Kier alpha value is -1.96. The maximum absolute atomic E-state index is 12.3. The van der Waals surface area contributed by atoms with Crippen LogP contribution in [0.15, 0.2) is 36.4 Å². The third-order valence-electron chi connectivity index (χ3n) is 3.50. The molecule has 2 nitrogen and oxygen atoms in total. The lowest BCUT2D eigenvalue weighted by Crippen LogP contribution is -2.11. The van der Waals surface area contributed by atoms with Crippen molar-refractivity contribution < 1.29 is 9.59 Å². The van der Waals surface area contributed by atoms with Crippen LogP contribution < -0.4 is 0 Å². The summed E-state index contributed by atoms with van der Waals surface area (Å²) < 4.78 is 0. The first-order chi connectivity index (χ1) is 9.43. The maximum Gasteiger partial charge on any atom is 0.166 e. The zero-order valence-corrected chi connectivity index (χ0v) is 12.4. The van der Waals surface area contributed by atoms with Crippen LogP contribution in [0.5, 0.6) is 0 Å². The maximum atomic E-state index is 12.3. The number of Topliss-reactive ketones (excluding diaryl/α,β-unsaturated/α-hetero) is 2. The highest BCUT2D eigenvalue weighted by molar-refractivity contribution is 6.15. The van der Waals surface area contributed by atoms with Gasteiger partial charge in [-0.1, -0.05) is 64.1 Å². The summed E-state index contributed by atoms with van der Waals surface area (Å²) in [6.45, 7) is 7.57. The van der Waals surface area contributed by atoms with Gasteiger partial charge < -0.3 is 0 Å². The smallest absolute Gasteiger partial charge is 0.166 e. The van der Waals surface area contributed by atoms with Gasteiger partial charge in [0, 0.05) is 23.0 Å². The van der Waals surface area contributed by atoms with Gasteiger partial charge in [-0.2, -0.15) is 0 Å². The molecule has 0 bridgehead atoms. The lowest BCUT2D eigenvalue weighted by atomic mass is 9.90. The highest BCUT2D eigenvalue weighted by Gasteiger charge is 2.18. The zero-order valence-electron chi connectivity index (χ0n) is 12.4. The second-order valence-electron chi connectivity index (χ2n) is 5.74. The first-order valence-corrected chi connectivity index (χ1v) is 7.03. The van der Waals surface area contributed by atoms with Crippen molar-refractivity contribution in [2.24, 2.45) is 11.8 Å². The van der Waals surface area contributed by atoms with Gasteiger partial charge in [0.05, 0.1) is 0 Å². The highest BCUT2D eigenvalue weighted by atomic mass is 16.1. The van der Waals surface area contributed by atoms with Crippen molar-refractivity contribution in [1.29, 1.82) is 0 Å². The van der Waals surface area contributed by atoms with Crippen LogP contribution >= 0.6 is 0 Å². The minimum atomic E-state index is -0.0509. The summed E-state index contributed by atoms with van der Waals surface area (Å²) in [7, 11) is 0. The number of hydrogen-bond acceptors (Lipinski definition) is 2. The SMILES string of the molecule is CC(C)C(=O)c1ccc(C(=O)C(C)C)c2ccccc12. The molecule has 0 aliphatic rings. The van der Waals surface area contributed by atoms with Gasteiger partial charge >= 0.3 is 0 Å². The fraction of sp³-hybridized carbons (Fsp3) is 0.333. The molecular weight excluding hydrogens is 248 g/mol. The van der Waals surface area contributed by atoms with E-state index in [2.05, 4.69) is 0 Å². The van der Waals surface area contributed by atoms with Crippen molar-refractivity contribution in [3.05, 3.63) is 47.5 Å². The lowest BCUT2D eigenvalue weighted by molar-refractivity contribution is 0.0931. The van der Waals surface area contributed by atoms with E-state index in [-0.39, 0.29) is 23.4 Å². The van der Waals surface area contributed by atoms with Gasteiger partial charge in [-0.25, -0.2) is 0 Å². The number of fused-ring (bicyclic) bond motifs is 1. The molecule has 0 N–H and O–H groups in total. The van der Waals surface area contributed by atoms with E-state index in [1.54, 1.807) is 12.1 Å². The second-order valence-corrected chi connectivity index (χ2v) is 5.74. The average molecular weight is 268 g/mol. The molecule has 2 heteroatoms. The highest BCUT2D eigenvalue weighted by Crippen LogP contribution is 2.26. The summed E-state index contributed by atoms with van der Waals surface area (Å²) in [6, 6.07) is 11.2. The number of carbonyl (C=O) groups excluding carboxylic acids is 2. The molecule has 0 fully saturated rings. The number of hydrogen-bond donors (Lipinski definition) is 0. The summed E-state index contributed by atoms with van der Waals surface area (Å²) in [5, 5.41) is 1.75. The molecule has 104 valence electrons. The van der Waals surface area contributed by atoms with E-state index in [1.165, 1.54) is 0 Å². The summed E-state index contributed by atoms with van der Waals surface area (Å²) in [5.74, 6) is 0.129. The van der Waals surface area contributed by atoms with E-state index in [4.69, 9.17) is 0 Å². The Bertz CT molecular complexity index is 608. The molecule has 0 aliphatic heterocycles. The molecule has 2 aromatic rings. The number of ketones is 2. The molecule has 0 amide bonds. The van der Waals surface area contributed by atoms with Crippen LogP contribution in [0.2, 0.25) is 0 Å². The Labute approximate surface area is 119 Å². The van der Waals surface area contributed by atoms with Crippen molar-refractivity contribution in [2.75, 3.05) is 0 Å². The topological polar surface area (TPSA) is 34.1 Å². The van der Waals surface area contributed by atoms with E-state index >= 15 is 0 Å². The molecule has 0 atom stereocenters. The first kappa shape index (κ1) is 14.4. The second kappa shape index (κ2) is 5.58. The summed E-state index contributed by atoms with van der Waals surface area (Å²) >= 11 is 0. The molecule has 2 aromatic carbocycles. The lowest BCUT2D eigenvalue weighted by Gasteiger charge is -2.12. The minimum absolute atomic E-state index is 0.0509. The normalized spacial score (nSPS) is 11.3. The van der Waals surface area contributed by atoms with Gasteiger partial charge in [-0.05, 0) is 10.8 Å². The monoisotopic (exact) mass is 268 g/mol. The molecule has 0 heterocycles. The third kappa shape index (κ3) is 2.51. The van der Waals surface area contributed by atoms with Crippen molar-refractivity contribution in [1.82, 2.24) is 0 Å². The van der Waals surface area contributed by atoms with Crippen LogP contribution in [0.3, 0.4) is 0 Å². The molecule has 0 spiro atoms. The van der Waals surface area contributed by atoms with E-state index in [1.807, 2.05) is 52.0 Å². The molecule has 0 saturated carbocycles. The molecule has 0 radical (unpaired) electrons. The van der Waals surface area contributed by atoms with E-state index in [9.17, 15) is 9.59 Å². The van der Waals surface area contributed by atoms with Crippen LogP contribution in [0.1, 0.15) is 48.4 Å². The predicted octanol–water partition coefficient (Wildman–Crippen LogP) is 4.52. The van der Waals surface area contributed by atoms with E-state index in [0.29, 0.717) is 11.1 Å². The minimum Gasteiger partial charge on any atom is -0.294 e. The van der Waals surface area contributed by atoms with Gasteiger partial charge in [-0.3, -0.25) is 9.59 Å². The fourth-order valence-corrected chi connectivity index (χ4v) is 2.35. The summed E-state index contributed by atoms with van der Waals surface area (Å²) in [6.07, 6.45) is 0. The number of benzene rings is 2. The molecule has 0 aromatic heterocycles. The Morgan fingerprint density at radius 1 is 0.700 bits per heavy atom. The van der Waals surface area contributed by atoms with Crippen LogP contribution in [0.25, 0.3) is 10.8 Å². The Morgan fingerprint density at radius 2 is 1.05 bits per heavy atom. The van der Waals surface area contributed by atoms with Crippen molar-refractivity contribution in [3.63, 3.8) is 0 Å². The molecular formula is C18H20O2. The molecule has 2 rings (SSSR count). The van der Waals surface area contributed by atoms with Crippen LogP contribution in [-0.4, -0.2) is 11.6 Å². The van der Waals surface area contributed by atoms with Crippen molar-refractivity contribution >= 4 is 22.3 Å². The molecule has 0 aliphatic carbocycles. The van der Waals surface area contributed by atoms with E-state index in [0.717, 1.165) is 10.8 Å². The Kier molecular flexibility index (Phi) is 4.03. The van der Waals surface area contributed by atoms with Gasteiger partial charge in [0.15, 0.2) is 11.6 Å². The van der Waals surface area contributed by atoms with Gasteiger partial charge in [0.2, 0.25) is 0 Å².